The first-order chi connectivity index (χ1) is 16.7. The first-order valence-corrected chi connectivity index (χ1v) is 11.1. The third-order valence-corrected chi connectivity index (χ3v) is 4.98. The number of halogens is 1. The van der Waals surface area contributed by atoms with Crippen molar-refractivity contribution in [2.45, 2.75) is 6.54 Å². The molecule has 0 atom stereocenters. The van der Waals surface area contributed by atoms with Crippen molar-refractivity contribution in [3.63, 3.8) is 0 Å². The van der Waals surface area contributed by atoms with Crippen LogP contribution in [0.25, 0.3) is 17.1 Å². The van der Waals surface area contributed by atoms with Gasteiger partial charge in [0, 0.05) is 11.6 Å². The van der Waals surface area contributed by atoms with Crippen molar-refractivity contribution in [2.75, 3.05) is 11.2 Å². The van der Waals surface area contributed by atoms with E-state index in [0.29, 0.717) is 18.8 Å². The largest absolute Gasteiger partial charge is 0.326 e. The van der Waals surface area contributed by atoms with Gasteiger partial charge in [0.25, 0.3) is 0 Å². The third kappa shape index (κ3) is 6.58. The lowest BCUT2D eigenvalue weighted by Crippen LogP contribution is -2.07. The van der Waals surface area contributed by atoms with Gasteiger partial charge in [-0.25, -0.2) is 4.98 Å². The van der Waals surface area contributed by atoms with Crippen LogP contribution in [0.15, 0.2) is 103 Å². The Morgan fingerprint density at radius 2 is 1.97 bits per heavy atom. The van der Waals surface area contributed by atoms with E-state index in [0.717, 1.165) is 33.8 Å². The van der Waals surface area contributed by atoms with Crippen LogP contribution in [0.1, 0.15) is 5.56 Å². The van der Waals surface area contributed by atoms with E-state index >= 15 is 0 Å². The topological polar surface area (TPSA) is 82.7 Å². The van der Waals surface area contributed by atoms with E-state index in [-0.39, 0.29) is 5.70 Å². The molecule has 0 radical (unpaired) electrons. The Morgan fingerprint density at radius 3 is 2.68 bits per heavy atom. The van der Waals surface area contributed by atoms with Gasteiger partial charge in [-0.05, 0) is 41.5 Å². The minimum atomic E-state index is 0.175. The number of imidazole rings is 1. The maximum Gasteiger partial charge on any atom is 0.212 e. The van der Waals surface area contributed by atoms with Crippen molar-refractivity contribution in [3.8, 4) is 6.07 Å². The van der Waals surface area contributed by atoms with Crippen LogP contribution in [0.5, 0.6) is 0 Å². The number of para-hydroxylation sites is 2. The molecule has 6 nitrogen and oxygen atoms in total. The highest BCUT2D eigenvalue weighted by molar-refractivity contribution is 6.18. The Morgan fingerprint density at radius 1 is 1.18 bits per heavy atom. The van der Waals surface area contributed by atoms with Gasteiger partial charge in [0.05, 0.1) is 17.6 Å². The minimum absolute atomic E-state index is 0.175. The molecule has 3 aromatic rings. The van der Waals surface area contributed by atoms with Crippen LogP contribution >= 0.6 is 11.6 Å². The standard InChI is InChI=1S/C27H24ClN5O/c1-2-7-22(9-6-17-28)19-33-26-12-4-3-11-25(26)32-27(33)31-23-15-13-21(14-16-23)8-5-10-24(18-29)30-20-34/h2-16,20H,1,17,19H2,(H,30,34)(H,31,32)/b8-5-,9-6-,22-7+,24-10-. The number of nitriles is 1. The quantitative estimate of drug-likeness (QED) is 0.159. The maximum absolute atomic E-state index is 10.5. The molecule has 0 saturated heterocycles. The van der Waals surface area contributed by atoms with Gasteiger partial charge in [0.2, 0.25) is 12.4 Å². The minimum Gasteiger partial charge on any atom is -0.326 e. The molecular weight excluding hydrogens is 446 g/mol. The number of carbonyl (C=O) groups excluding carboxylic acids is 1. The molecule has 1 heterocycles. The van der Waals surface area contributed by atoms with Crippen molar-refractivity contribution in [3.05, 3.63) is 108 Å². The second-order valence-electron chi connectivity index (χ2n) is 7.10. The van der Waals surface area contributed by atoms with Crippen LogP contribution in [0.4, 0.5) is 11.6 Å². The van der Waals surface area contributed by atoms with Crippen molar-refractivity contribution >= 4 is 46.8 Å². The Bertz CT molecular complexity index is 1310. The fourth-order valence-corrected chi connectivity index (χ4v) is 3.35. The molecule has 170 valence electrons. The zero-order valence-electron chi connectivity index (χ0n) is 18.5. The molecule has 7 heteroatoms. The first kappa shape index (κ1) is 24.3. The molecule has 1 aromatic heterocycles. The normalized spacial score (nSPS) is 12.2. The summed E-state index contributed by atoms with van der Waals surface area (Å²) in [5.41, 5.74) is 4.97. The van der Waals surface area contributed by atoms with Crippen LogP contribution in [0.2, 0.25) is 0 Å². The highest BCUT2D eigenvalue weighted by Crippen LogP contribution is 2.25. The summed E-state index contributed by atoms with van der Waals surface area (Å²) in [7, 11) is 0. The van der Waals surface area contributed by atoms with Crippen molar-refractivity contribution in [2.24, 2.45) is 0 Å². The molecule has 0 spiro atoms. The monoisotopic (exact) mass is 469 g/mol. The van der Waals surface area contributed by atoms with Gasteiger partial charge in [-0.1, -0.05) is 67.3 Å². The summed E-state index contributed by atoms with van der Waals surface area (Å²) < 4.78 is 2.12. The Kier molecular flexibility index (Phi) is 9.03. The fourth-order valence-electron chi connectivity index (χ4n) is 3.27. The molecule has 0 aliphatic carbocycles. The average molecular weight is 470 g/mol. The number of alkyl halides is 1. The molecule has 34 heavy (non-hydrogen) atoms. The van der Waals surface area contributed by atoms with Gasteiger partial charge in [0.15, 0.2) is 0 Å². The summed E-state index contributed by atoms with van der Waals surface area (Å²) in [6, 6.07) is 17.7. The summed E-state index contributed by atoms with van der Waals surface area (Å²) in [5, 5.41) is 14.7. The number of nitrogens with zero attached hydrogens (tertiary/aromatic N) is 3. The first-order valence-electron chi connectivity index (χ1n) is 10.5. The van der Waals surface area contributed by atoms with E-state index in [1.807, 2.05) is 78.9 Å². The predicted octanol–water partition coefficient (Wildman–Crippen LogP) is 5.85. The van der Waals surface area contributed by atoms with E-state index in [9.17, 15) is 4.79 Å². The second-order valence-corrected chi connectivity index (χ2v) is 7.41. The second kappa shape index (κ2) is 12.6. The molecular formula is C27H24ClN5O. The Hall–Kier alpha value is -4.34. The van der Waals surface area contributed by atoms with Gasteiger partial charge in [0.1, 0.15) is 11.8 Å². The molecule has 0 fully saturated rings. The maximum atomic E-state index is 10.5. The van der Waals surface area contributed by atoms with Crippen LogP contribution in [0.3, 0.4) is 0 Å². The molecule has 0 aliphatic heterocycles. The van der Waals surface area contributed by atoms with E-state index in [2.05, 4.69) is 21.8 Å². The number of hydrogen-bond acceptors (Lipinski definition) is 4. The number of rotatable bonds is 11. The number of benzene rings is 2. The molecule has 0 aliphatic rings. The van der Waals surface area contributed by atoms with Crippen molar-refractivity contribution < 1.29 is 4.79 Å². The number of amides is 1. The van der Waals surface area contributed by atoms with Gasteiger partial charge in [-0.3, -0.25) is 4.79 Å². The summed E-state index contributed by atoms with van der Waals surface area (Å²) >= 11 is 5.83. The van der Waals surface area contributed by atoms with Crippen LogP contribution in [-0.4, -0.2) is 21.8 Å². The number of carbonyl (C=O) groups is 1. The average Bonchev–Trinajstić information content (AvgIpc) is 3.19. The highest BCUT2D eigenvalue weighted by Gasteiger charge is 2.11. The lowest BCUT2D eigenvalue weighted by Gasteiger charge is -2.12. The summed E-state index contributed by atoms with van der Waals surface area (Å²) in [6.45, 7) is 4.42. The van der Waals surface area contributed by atoms with Gasteiger partial charge in [-0.2, -0.15) is 5.26 Å². The Labute approximate surface area is 203 Å². The lowest BCUT2D eigenvalue weighted by atomic mass is 10.2. The Balaban J connectivity index is 1.85. The number of nitrogens with one attached hydrogen (secondary N) is 2. The van der Waals surface area contributed by atoms with Gasteiger partial charge >= 0.3 is 0 Å². The zero-order valence-corrected chi connectivity index (χ0v) is 19.2. The summed E-state index contributed by atoms with van der Waals surface area (Å²) in [5.74, 6) is 1.16. The van der Waals surface area contributed by atoms with Crippen LogP contribution in [0, 0.1) is 11.3 Å². The number of allylic oxidation sites excluding steroid dienone is 8. The third-order valence-electron chi connectivity index (χ3n) is 4.80. The molecule has 0 unspecified atom stereocenters. The predicted molar refractivity (Wildman–Crippen MR) is 140 cm³/mol. The number of fused-ring (bicyclic) bond motifs is 1. The van der Waals surface area contributed by atoms with Gasteiger partial charge < -0.3 is 15.2 Å². The number of anilines is 2. The van der Waals surface area contributed by atoms with E-state index < -0.39 is 0 Å². The van der Waals surface area contributed by atoms with Crippen LogP contribution in [-0.2, 0) is 11.3 Å². The molecule has 0 saturated carbocycles. The molecule has 2 N–H and O–H groups in total. The lowest BCUT2D eigenvalue weighted by molar-refractivity contribution is -0.108. The zero-order chi connectivity index (χ0) is 24.2. The smallest absolute Gasteiger partial charge is 0.212 e. The molecule has 0 bridgehead atoms. The van der Waals surface area contributed by atoms with Crippen LogP contribution < -0.4 is 10.6 Å². The van der Waals surface area contributed by atoms with E-state index in [4.69, 9.17) is 21.8 Å². The van der Waals surface area contributed by atoms with Crippen molar-refractivity contribution in [1.29, 1.82) is 5.26 Å². The van der Waals surface area contributed by atoms with Crippen molar-refractivity contribution in [1.82, 2.24) is 14.9 Å². The molecule has 2 aromatic carbocycles. The summed E-state index contributed by atoms with van der Waals surface area (Å²) in [4.78, 5) is 15.2. The molecule has 1 amide bonds. The summed E-state index contributed by atoms with van der Waals surface area (Å²) in [6.07, 6.45) is 13.2. The van der Waals surface area contributed by atoms with E-state index in [1.54, 1.807) is 12.2 Å². The number of aromatic nitrogens is 2. The SMILES string of the molecule is C=C/C=C(\C=C/CCl)Cn1c(Nc2ccc(/C=C\C=C(\C#N)NC=O)cc2)nc2ccccc21. The van der Waals surface area contributed by atoms with E-state index in [1.165, 1.54) is 6.08 Å². The fraction of sp³-hybridized carbons (Fsp3) is 0.0741. The highest BCUT2D eigenvalue weighted by atomic mass is 35.5. The van der Waals surface area contributed by atoms with Gasteiger partial charge in [-0.15, -0.1) is 11.6 Å². The molecule has 3 rings (SSSR count). The number of hydrogen-bond donors (Lipinski definition) is 2.